The number of nitrogens with one attached hydrogen (secondary N) is 1. The van der Waals surface area contributed by atoms with E-state index in [0.717, 1.165) is 25.7 Å². The lowest BCUT2D eigenvalue weighted by molar-refractivity contribution is -0.385. The van der Waals surface area contributed by atoms with Crippen LogP contribution in [0, 0.1) is 16.0 Å². The van der Waals surface area contributed by atoms with Gasteiger partial charge in [-0.2, -0.15) is 0 Å². The maximum atomic E-state index is 10.5. The van der Waals surface area contributed by atoms with E-state index in [4.69, 9.17) is 16.3 Å². The zero-order valence-electron chi connectivity index (χ0n) is 9.06. The maximum Gasteiger partial charge on any atom is 0.289 e. The molecule has 6 nitrogen and oxygen atoms in total. The molecule has 1 atom stereocenters. The van der Waals surface area contributed by atoms with Gasteiger partial charge in [-0.3, -0.25) is 10.1 Å². The Balaban J connectivity index is 1.98. The summed E-state index contributed by atoms with van der Waals surface area (Å²) in [5.41, 5.74) is -0.134. The van der Waals surface area contributed by atoms with Crippen LogP contribution in [-0.4, -0.2) is 29.6 Å². The van der Waals surface area contributed by atoms with Crippen LogP contribution in [0.15, 0.2) is 12.3 Å². The average molecular weight is 258 g/mol. The lowest BCUT2D eigenvalue weighted by Crippen LogP contribution is -2.16. The third kappa shape index (κ3) is 3.04. The van der Waals surface area contributed by atoms with E-state index in [9.17, 15) is 10.1 Å². The summed E-state index contributed by atoms with van der Waals surface area (Å²) in [5.74, 6) is 0.701. The van der Waals surface area contributed by atoms with Gasteiger partial charge in [-0.05, 0) is 13.0 Å². The van der Waals surface area contributed by atoms with Crippen molar-refractivity contribution < 1.29 is 9.66 Å². The number of nitro groups is 1. The molecule has 2 rings (SSSR count). The van der Waals surface area contributed by atoms with Crippen LogP contribution in [0.3, 0.4) is 0 Å². The Morgan fingerprint density at radius 2 is 2.53 bits per heavy atom. The van der Waals surface area contributed by atoms with Crippen LogP contribution in [-0.2, 0) is 0 Å². The van der Waals surface area contributed by atoms with Crippen LogP contribution < -0.4 is 10.1 Å². The van der Waals surface area contributed by atoms with E-state index < -0.39 is 4.92 Å². The van der Waals surface area contributed by atoms with E-state index in [-0.39, 0.29) is 16.6 Å². The summed E-state index contributed by atoms with van der Waals surface area (Å²) < 4.78 is 5.45. The van der Waals surface area contributed by atoms with Gasteiger partial charge in [0.25, 0.3) is 5.69 Å². The molecule has 1 unspecified atom stereocenters. The van der Waals surface area contributed by atoms with Crippen molar-refractivity contribution in [2.75, 3.05) is 19.7 Å². The molecule has 1 aromatic heterocycles. The van der Waals surface area contributed by atoms with Gasteiger partial charge in [0.15, 0.2) is 0 Å². The molecule has 0 bridgehead atoms. The van der Waals surface area contributed by atoms with Crippen molar-refractivity contribution >= 4 is 17.3 Å². The number of nitrogens with zero attached hydrogens (tertiary/aromatic N) is 2. The molecule has 1 aromatic rings. The molecule has 92 valence electrons. The number of pyridine rings is 1. The standard InChI is InChI=1S/C10H12ClN3O3/c11-9-3-8(14(15)16)5-13-10(9)17-6-7-1-2-12-4-7/h3,5,7,12H,1-2,4,6H2. The molecule has 1 aliphatic rings. The van der Waals surface area contributed by atoms with Crippen LogP contribution in [0.5, 0.6) is 5.88 Å². The van der Waals surface area contributed by atoms with Crippen LogP contribution in [0.1, 0.15) is 6.42 Å². The highest BCUT2D eigenvalue weighted by atomic mass is 35.5. The lowest BCUT2D eigenvalue weighted by atomic mass is 10.1. The number of halogens is 1. The Morgan fingerprint density at radius 1 is 1.71 bits per heavy atom. The largest absolute Gasteiger partial charge is 0.476 e. The average Bonchev–Trinajstić information content (AvgIpc) is 2.80. The second-order valence-corrected chi connectivity index (χ2v) is 4.31. The van der Waals surface area contributed by atoms with Gasteiger partial charge in [0.1, 0.15) is 11.2 Å². The quantitative estimate of drug-likeness (QED) is 0.655. The minimum atomic E-state index is -0.538. The molecular formula is C10H12ClN3O3. The summed E-state index contributed by atoms with van der Waals surface area (Å²) in [4.78, 5) is 13.8. The monoisotopic (exact) mass is 257 g/mol. The SMILES string of the molecule is O=[N+]([O-])c1cnc(OCC2CCNC2)c(Cl)c1. The van der Waals surface area contributed by atoms with E-state index in [1.807, 2.05) is 0 Å². The topological polar surface area (TPSA) is 77.3 Å². The zero-order valence-corrected chi connectivity index (χ0v) is 9.81. The van der Waals surface area contributed by atoms with Gasteiger partial charge < -0.3 is 10.1 Å². The van der Waals surface area contributed by atoms with Crippen molar-refractivity contribution in [1.82, 2.24) is 10.3 Å². The lowest BCUT2D eigenvalue weighted by Gasteiger charge is -2.10. The van der Waals surface area contributed by atoms with E-state index in [1.54, 1.807) is 0 Å². The van der Waals surface area contributed by atoms with Crippen molar-refractivity contribution in [3.63, 3.8) is 0 Å². The van der Waals surface area contributed by atoms with Gasteiger partial charge in [0.2, 0.25) is 5.88 Å². The summed E-state index contributed by atoms with van der Waals surface area (Å²) in [5, 5.41) is 13.9. The van der Waals surface area contributed by atoms with Gasteiger partial charge >= 0.3 is 0 Å². The fourth-order valence-corrected chi connectivity index (χ4v) is 1.89. The molecule has 1 saturated heterocycles. The van der Waals surface area contributed by atoms with Gasteiger partial charge in [0, 0.05) is 18.5 Å². The smallest absolute Gasteiger partial charge is 0.289 e. The van der Waals surface area contributed by atoms with Gasteiger partial charge in [-0.1, -0.05) is 11.6 Å². The first-order chi connectivity index (χ1) is 8.16. The summed E-state index contributed by atoms with van der Waals surface area (Å²) in [6.07, 6.45) is 2.21. The van der Waals surface area contributed by atoms with E-state index >= 15 is 0 Å². The summed E-state index contributed by atoms with van der Waals surface area (Å²) in [6, 6.07) is 1.25. The van der Waals surface area contributed by atoms with Crippen molar-refractivity contribution in [3.05, 3.63) is 27.4 Å². The molecule has 7 heteroatoms. The van der Waals surface area contributed by atoms with Crippen LogP contribution in [0.4, 0.5) is 5.69 Å². The number of hydrogen-bond donors (Lipinski definition) is 1. The summed E-state index contributed by atoms with van der Waals surface area (Å²) >= 11 is 5.85. The van der Waals surface area contributed by atoms with Crippen LogP contribution in [0.2, 0.25) is 5.02 Å². The third-order valence-electron chi connectivity index (χ3n) is 2.62. The molecule has 1 fully saturated rings. The van der Waals surface area contributed by atoms with Gasteiger partial charge in [-0.15, -0.1) is 0 Å². The summed E-state index contributed by atoms with van der Waals surface area (Å²) in [7, 11) is 0. The molecular weight excluding hydrogens is 246 g/mol. The predicted octanol–water partition coefficient (Wildman–Crippen LogP) is 1.63. The van der Waals surface area contributed by atoms with Gasteiger partial charge in [-0.25, -0.2) is 4.98 Å². The maximum absolute atomic E-state index is 10.5. The Morgan fingerprint density at radius 3 is 3.12 bits per heavy atom. The van der Waals surface area contributed by atoms with Crippen LogP contribution in [0.25, 0.3) is 0 Å². The van der Waals surface area contributed by atoms with Crippen molar-refractivity contribution in [2.45, 2.75) is 6.42 Å². The fraction of sp³-hybridized carbons (Fsp3) is 0.500. The first-order valence-corrected chi connectivity index (χ1v) is 5.68. The predicted molar refractivity (Wildman–Crippen MR) is 62.4 cm³/mol. The van der Waals surface area contributed by atoms with Gasteiger partial charge in [0.05, 0.1) is 11.5 Å². The highest BCUT2D eigenvalue weighted by Gasteiger charge is 2.17. The molecule has 0 saturated carbocycles. The minimum absolute atomic E-state index is 0.134. The second kappa shape index (κ2) is 5.29. The van der Waals surface area contributed by atoms with E-state index in [1.165, 1.54) is 6.07 Å². The molecule has 0 aliphatic carbocycles. The second-order valence-electron chi connectivity index (χ2n) is 3.91. The summed E-state index contributed by atoms with van der Waals surface area (Å²) in [6.45, 7) is 2.44. The third-order valence-corrected chi connectivity index (χ3v) is 2.89. The van der Waals surface area contributed by atoms with E-state index in [0.29, 0.717) is 12.5 Å². The van der Waals surface area contributed by atoms with Crippen LogP contribution >= 0.6 is 11.6 Å². The number of ether oxygens (including phenoxy) is 1. The molecule has 17 heavy (non-hydrogen) atoms. The zero-order chi connectivity index (χ0) is 12.3. The number of hydrogen-bond acceptors (Lipinski definition) is 5. The van der Waals surface area contributed by atoms with Crippen molar-refractivity contribution in [1.29, 1.82) is 0 Å². The molecule has 1 aliphatic heterocycles. The van der Waals surface area contributed by atoms with Crippen molar-refractivity contribution in [2.24, 2.45) is 5.92 Å². The molecule has 1 N–H and O–H groups in total. The molecule has 0 aromatic carbocycles. The Hall–Kier alpha value is -1.40. The molecule has 2 heterocycles. The first kappa shape index (κ1) is 12.1. The Kier molecular flexibility index (Phi) is 3.75. The molecule has 0 spiro atoms. The fourth-order valence-electron chi connectivity index (χ4n) is 1.67. The highest BCUT2D eigenvalue weighted by molar-refractivity contribution is 6.32. The Labute approximate surface area is 103 Å². The normalized spacial score (nSPS) is 19.2. The first-order valence-electron chi connectivity index (χ1n) is 5.30. The van der Waals surface area contributed by atoms with E-state index in [2.05, 4.69) is 10.3 Å². The highest BCUT2D eigenvalue weighted by Crippen LogP contribution is 2.26. The van der Waals surface area contributed by atoms with Crippen molar-refractivity contribution in [3.8, 4) is 5.88 Å². The molecule has 0 radical (unpaired) electrons. The Bertz CT molecular complexity index is 421. The molecule has 0 amide bonds. The minimum Gasteiger partial charge on any atom is -0.476 e. The number of rotatable bonds is 4. The number of aromatic nitrogens is 1.